The van der Waals surface area contributed by atoms with Crippen LogP contribution in [0.3, 0.4) is 0 Å². The zero-order valence-electron chi connectivity index (χ0n) is 28.0. The van der Waals surface area contributed by atoms with Crippen molar-refractivity contribution < 1.29 is 42.9 Å². The number of esters is 3. The largest absolute Gasteiger partial charge is 0.482 e. The van der Waals surface area contributed by atoms with Gasteiger partial charge in [0.05, 0.1) is 11.7 Å². The third kappa shape index (κ3) is 5.57. The van der Waals surface area contributed by atoms with Gasteiger partial charge in [-0.1, -0.05) is 31.5 Å². The van der Waals surface area contributed by atoms with Gasteiger partial charge in [0.2, 0.25) is 0 Å². The Morgan fingerprint density at radius 1 is 1.02 bits per heavy atom. The second-order valence-corrected chi connectivity index (χ2v) is 14.1. The minimum atomic E-state index is -1.38. The van der Waals surface area contributed by atoms with Crippen LogP contribution in [0.4, 0.5) is 0 Å². The number of aliphatic hydroxyl groups is 1. The van der Waals surface area contributed by atoms with Crippen molar-refractivity contribution in [1.82, 2.24) is 4.98 Å². The summed E-state index contributed by atoms with van der Waals surface area (Å²) in [6.45, 7) is 10.2. The van der Waals surface area contributed by atoms with Crippen molar-refractivity contribution in [1.29, 1.82) is 0 Å². The van der Waals surface area contributed by atoms with E-state index in [1.807, 2.05) is 32.9 Å². The fourth-order valence-corrected chi connectivity index (χ4v) is 8.72. The smallest absolute Gasteiger partial charge is 0.345 e. The summed E-state index contributed by atoms with van der Waals surface area (Å²) in [6, 6.07) is 12.0. The first kappa shape index (κ1) is 33.4. The van der Waals surface area contributed by atoms with Crippen LogP contribution in [0.5, 0.6) is 5.75 Å². The molecule has 11 nitrogen and oxygen atoms in total. The van der Waals surface area contributed by atoms with Gasteiger partial charge in [0, 0.05) is 49.2 Å². The van der Waals surface area contributed by atoms with Crippen LogP contribution in [0.15, 0.2) is 64.1 Å². The molecule has 6 rings (SSSR count). The fourth-order valence-electron chi connectivity index (χ4n) is 8.72. The first-order valence-electron chi connectivity index (χ1n) is 16.2. The molecule has 2 unspecified atom stereocenters. The third-order valence-corrected chi connectivity index (χ3v) is 11.0. The molecule has 1 aromatic carbocycles. The monoisotopic (exact) mass is 659 g/mol. The molecular weight excluding hydrogens is 618 g/mol. The Hall–Kier alpha value is -4.51. The van der Waals surface area contributed by atoms with E-state index in [-0.39, 0.29) is 30.1 Å². The summed E-state index contributed by atoms with van der Waals surface area (Å²) >= 11 is 0. The molecule has 3 aromatic rings. The average molecular weight is 660 g/mol. The molecule has 254 valence electrons. The van der Waals surface area contributed by atoms with E-state index in [4.69, 9.17) is 23.4 Å². The van der Waals surface area contributed by atoms with E-state index >= 15 is 0 Å². The van der Waals surface area contributed by atoms with Gasteiger partial charge in [0.1, 0.15) is 41.5 Å². The van der Waals surface area contributed by atoms with Crippen LogP contribution < -0.4 is 10.4 Å². The number of hydrogen-bond donors (Lipinski definition) is 1. The van der Waals surface area contributed by atoms with Gasteiger partial charge < -0.3 is 28.5 Å². The molecule has 8 atom stereocenters. The van der Waals surface area contributed by atoms with Crippen LogP contribution in [0.25, 0.3) is 11.3 Å². The quantitative estimate of drug-likeness (QED) is 0.269. The van der Waals surface area contributed by atoms with E-state index in [1.165, 1.54) is 13.8 Å². The van der Waals surface area contributed by atoms with E-state index in [0.717, 1.165) is 5.56 Å². The summed E-state index contributed by atoms with van der Waals surface area (Å²) in [5, 5.41) is 12.3. The van der Waals surface area contributed by atoms with E-state index in [0.29, 0.717) is 24.0 Å². The highest BCUT2D eigenvalue weighted by atomic mass is 16.6. The summed E-state index contributed by atoms with van der Waals surface area (Å²) in [5.41, 5.74) is -1.97. The van der Waals surface area contributed by atoms with Crippen molar-refractivity contribution in [3.05, 3.63) is 82.0 Å². The molecule has 2 saturated carbocycles. The molecule has 3 heterocycles. The number of aromatic nitrogens is 1. The second-order valence-electron chi connectivity index (χ2n) is 14.1. The van der Waals surface area contributed by atoms with Crippen molar-refractivity contribution in [2.75, 3.05) is 6.61 Å². The van der Waals surface area contributed by atoms with Gasteiger partial charge in [-0.15, -0.1) is 0 Å². The van der Waals surface area contributed by atoms with Gasteiger partial charge in [-0.3, -0.25) is 14.6 Å². The zero-order chi connectivity index (χ0) is 34.6. The Morgan fingerprint density at radius 2 is 1.75 bits per heavy atom. The van der Waals surface area contributed by atoms with Gasteiger partial charge in [-0.2, -0.15) is 0 Å². The molecule has 3 aliphatic rings. The highest BCUT2D eigenvalue weighted by Gasteiger charge is 2.71. The Labute approximate surface area is 278 Å². The van der Waals surface area contributed by atoms with E-state index in [1.54, 1.807) is 49.6 Å². The number of ether oxygens (including phenoxy) is 4. The van der Waals surface area contributed by atoms with Gasteiger partial charge in [0.25, 0.3) is 0 Å². The van der Waals surface area contributed by atoms with Crippen molar-refractivity contribution >= 4 is 17.9 Å². The molecule has 1 N–H and O–H groups in total. The van der Waals surface area contributed by atoms with Gasteiger partial charge in [-0.05, 0) is 68.7 Å². The summed E-state index contributed by atoms with van der Waals surface area (Å²) in [5.74, 6) is -2.43. The lowest BCUT2D eigenvalue weighted by Crippen LogP contribution is -2.71. The average Bonchev–Trinajstić information content (AvgIpc) is 3.02. The maximum atomic E-state index is 13.7. The summed E-state index contributed by atoms with van der Waals surface area (Å²) in [6.07, 6.45) is 1.30. The van der Waals surface area contributed by atoms with Crippen LogP contribution in [0.2, 0.25) is 0 Å². The van der Waals surface area contributed by atoms with E-state index < -0.39 is 70.1 Å². The maximum absolute atomic E-state index is 13.7. The van der Waals surface area contributed by atoms with Gasteiger partial charge in [-0.25, -0.2) is 9.59 Å². The standard InChI is InChI=1S/C37H41NO10/c1-20-9-11-23(12-10-20)33(42)47-29-17-27-35(4,14-13-28(45-22(3)40)36(27,5)19-44-21(2)39)32-31(41)30-26(48-37(29,32)6)16-25(46-34(30)43)24-8-7-15-38-18-24/h7-12,15-16,18,27-29,31-32,41H,13-14,17,19H2,1-6H3/t27?,28-,29-,31-,32?,35-,36+,37+/m0/s1. The lowest BCUT2D eigenvalue weighted by Gasteiger charge is -2.66. The van der Waals surface area contributed by atoms with Crippen molar-refractivity contribution in [3.8, 4) is 17.1 Å². The molecule has 48 heavy (non-hydrogen) atoms. The van der Waals surface area contributed by atoms with Crippen LogP contribution >= 0.6 is 0 Å². The predicted octanol–water partition coefficient (Wildman–Crippen LogP) is 5.36. The number of aliphatic hydroxyl groups excluding tert-OH is 1. The number of fused-ring (bicyclic) bond motifs is 4. The minimum absolute atomic E-state index is 0.0283. The van der Waals surface area contributed by atoms with Gasteiger partial charge in [0.15, 0.2) is 0 Å². The zero-order valence-corrected chi connectivity index (χ0v) is 28.0. The van der Waals surface area contributed by atoms with Gasteiger partial charge >= 0.3 is 23.5 Å². The minimum Gasteiger partial charge on any atom is -0.482 e. The highest BCUT2D eigenvalue weighted by molar-refractivity contribution is 5.89. The summed E-state index contributed by atoms with van der Waals surface area (Å²) < 4.78 is 30.3. The molecular formula is C37H41NO10. The van der Waals surface area contributed by atoms with Crippen LogP contribution in [-0.4, -0.2) is 52.4 Å². The molecule has 1 aliphatic heterocycles. The number of rotatable bonds is 6. The predicted molar refractivity (Wildman–Crippen MR) is 172 cm³/mol. The van der Waals surface area contributed by atoms with E-state index in [2.05, 4.69) is 4.98 Å². The highest BCUT2D eigenvalue weighted by Crippen LogP contribution is 2.67. The number of aryl methyl sites for hydroxylation is 1. The van der Waals surface area contributed by atoms with Crippen LogP contribution in [0.1, 0.15) is 81.5 Å². The van der Waals surface area contributed by atoms with Crippen molar-refractivity contribution in [3.63, 3.8) is 0 Å². The molecule has 0 amide bonds. The first-order chi connectivity index (χ1) is 22.7. The molecule has 2 aromatic heterocycles. The number of benzene rings is 1. The Morgan fingerprint density at radius 3 is 2.40 bits per heavy atom. The molecule has 0 bridgehead atoms. The SMILES string of the molecule is CC(=O)OC[C@]1(C)C2C[C@H](OC(=O)c3ccc(C)cc3)[C@@]3(C)Oc4cc(-c5cccnc5)oc(=O)c4[C@H](O)C3[C@@]2(C)CC[C@@H]1OC(C)=O. The van der Waals surface area contributed by atoms with Crippen molar-refractivity contribution in [2.45, 2.75) is 84.7 Å². The normalized spacial score (nSPS) is 32.0. The van der Waals surface area contributed by atoms with Crippen molar-refractivity contribution in [2.24, 2.45) is 22.7 Å². The molecule has 11 heteroatoms. The molecule has 2 aliphatic carbocycles. The first-order valence-corrected chi connectivity index (χ1v) is 16.2. The Bertz CT molecular complexity index is 1790. The molecule has 0 radical (unpaired) electrons. The number of pyridine rings is 1. The Kier molecular flexibility index (Phi) is 8.47. The number of hydrogen-bond acceptors (Lipinski definition) is 11. The maximum Gasteiger partial charge on any atom is 0.345 e. The number of nitrogens with zero attached hydrogens (tertiary/aromatic N) is 1. The molecule has 0 spiro atoms. The summed E-state index contributed by atoms with van der Waals surface area (Å²) in [7, 11) is 0. The van der Waals surface area contributed by atoms with Crippen LogP contribution in [0, 0.1) is 29.6 Å². The Balaban J connectivity index is 1.50. The lowest BCUT2D eigenvalue weighted by atomic mass is 9.42. The topological polar surface area (TPSA) is 151 Å². The second kappa shape index (κ2) is 12.2. The number of carbonyl (C=O) groups is 3. The van der Waals surface area contributed by atoms with Crippen LogP contribution in [-0.2, 0) is 23.8 Å². The fraction of sp³-hybridized carbons (Fsp3) is 0.486. The molecule has 2 fully saturated rings. The van der Waals surface area contributed by atoms with E-state index in [9.17, 15) is 24.3 Å². The molecule has 0 saturated heterocycles. The third-order valence-electron chi connectivity index (χ3n) is 11.0. The lowest BCUT2D eigenvalue weighted by molar-refractivity contribution is -0.266. The number of carbonyl (C=O) groups excluding carboxylic acids is 3. The summed E-state index contributed by atoms with van der Waals surface area (Å²) in [4.78, 5) is 55.9.